The smallest absolute Gasteiger partial charge is 0.262 e. The van der Waals surface area contributed by atoms with Gasteiger partial charge in [0.15, 0.2) is 0 Å². The van der Waals surface area contributed by atoms with Crippen molar-refractivity contribution in [3.63, 3.8) is 0 Å². The van der Waals surface area contributed by atoms with Gasteiger partial charge in [-0.2, -0.15) is 0 Å². The predicted octanol–water partition coefficient (Wildman–Crippen LogP) is 9.76. The Morgan fingerprint density at radius 2 is 1.27 bits per heavy atom. The van der Waals surface area contributed by atoms with Crippen LogP contribution in [0, 0.1) is 13.8 Å². The fourth-order valence-electron chi connectivity index (χ4n) is 4.84. The van der Waals surface area contributed by atoms with Crippen molar-refractivity contribution < 1.29 is 9.59 Å². The molecule has 7 heteroatoms. The molecule has 3 nitrogen and oxygen atoms in total. The Bertz CT molecular complexity index is 1550. The van der Waals surface area contributed by atoms with Gasteiger partial charge in [0.05, 0.1) is 16.0 Å². The molecule has 5 heterocycles. The topological polar surface area (TPSA) is 37.4 Å². The maximum absolute atomic E-state index is 13.2. The molecule has 2 amide bonds. The second kappa shape index (κ2) is 9.01. The monoisotopic (exact) mass is 567 g/mol. The number of hydrogen-bond acceptors (Lipinski definition) is 6. The molecule has 0 atom stereocenters. The summed E-state index contributed by atoms with van der Waals surface area (Å²) in [6.45, 7) is 17.6. The van der Waals surface area contributed by atoms with E-state index >= 15 is 0 Å². The summed E-state index contributed by atoms with van der Waals surface area (Å²) in [6.07, 6.45) is 0.899. The van der Waals surface area contributed by atoms with E-state index in [1.54, 1.807) is 29.7 Å². The minimum absolute atomic E-state index is 0.145. The average Bonchev–Trinajstić information content (AvgIpc) is 3.62. The van der Waals surface area contributed by atoms with E-state index in [1.165, 1.54) is 34.8 Å². The highest BCUT2D eigenvalue weighted by atomic mass is 32.1. The lowest BCUT2D eigenvalue weighted by Crippen LogP contribution is -2.26. The van der Waals surface area contributed by atoms with Crippen LogP contribution in [0.15, 0.2) is 24.3 Å². The molecule has 0 aromatic carbocycles. The highest BCUT2D eigenvalue weighted by molar-refractivity contribution is 7.28. The second-order valence-electron chi connectivity index (χ2n) is 11.6. The Morgan fingerprint density at radius 3 is 1.84 bits per heavy atom. The first-order valence-electron chi connectivity index (χ1n) is 12.6. The van der Waals surface area contributed by atoms with E-state index in [9.17, 15) is 9.59 Å². The Hall–Kier alpha value is -2.06. The molecule has 0 spiro atoms. The first kappa shape index (κ1) is 26.5. The normalized spacial score (nSPS) is 14.2. The van der Waals surface area contributed by atoms with Crippen LogP contribution in [-0.2, 0) is 10.8 Å². The number of carbonyl (C=O) groups is 2. The predicted molar refractivity (Wildman–Crippen MR) is 162 cm³/mol. The van der Waals surface area contributed by atoms with Crippen LogP contribution in [0.5, 0.6) is 0 Å². The number of thiophene rings is 4. The minimum atomic E-state index is -0.181. The lowest BCUT2D eigenvalue weighted by molar-refractivity contribution is 0.0692. The molecule has 0 unspecified atom stereocenters. The lowest BCUT2D eigenvalue weighted by Gasteiger charge is -2.22. The third-order valence-corrected chi connectivity index (χ3v) is 13.4. The molecule has 1 aliphatic rings. The zero-order chi connectivity index (χ0) is 27.0. The zero-order valence-electron chi connectivity index (χ0n) is 22.9. The molecule has 0 N–H and O–H groups in total. The van der Waals surface area contributed by atoms with Crippen LogP contribution >= 0.6 is 45.3 Å². The summed E-state index contributed by atoms with van der Waals surface area (Å²) in [4.78, 5) is 37.1. The van der Waals surface area contributed by atoms with Gasteiger partial charge in [0, 0.05) is 41.2 Å². The summed E-state index contributed by atoms with van der Waals surface area (Å²) < 4.78 is 0. The first-order chi connectivity index (χ1) is 17.2. The number of fused-ring (bicyclic) bond motifs is 1. The highest BCUT2D eigenvalue weighted by Crippen LogP contribution is 2.51. The van der Waals surface area contributed by atoms with Gasteiger partial charge in [0.2, 0.25) is 0 Å². The Balaban J connectivity index is 1.57. The summed E-state index contributed by atoms with van der Waals surface area (Å²) in [5, 5.41) is 0. The number of hydrogen-bond donors (Lipinski definition) is 0. The van der Waals surface area contributed by atoms with Crippen molar-refractivity contribution in [2.45, 2.75) is 72.6 Å². The molecule has 0 fully saturated rings. The van der Waals surface area contributed by atoms with Crippen molar-refractivity contribution in [2.75, 3.05) is 7.05 Å². The largest absolute Gasteiger partial charge is 0.277 e. The van der Waals surface area contributed by atoms with E-state index in [4.69, 9.17) is 0 Å². The van der Waals surface area contributed by atoms with Gasteiger partial charge >= 0.3 is 0 Å². The van der Waals surface area contributed by atoms with Gasteiger partial charge in [-0.3, -0.25) is 14.5 Å². The number of rotatable bonds is 5. The summed E-state index contributed by atoms with van der Waals surface area (Å²) in [6, 6.07) is 9.00. The molecule has 37 heavy (non-hydrogen) atoms. The SMILES string of the molecule is CCC(C)(C)c1sc(-c2sc(-c3ccc(-c4cc(C)c(C(C)(C)C)s4)s3)cc2C)c2c1C(=O)N(C)C2=O. The molecule has 0 radical (unpaired) electrons. The number of aryl methyl sites for hydroxylation is 2. The molecule has 4 aromatic rings. The van der Waals surface area contributed by atoms with E-state index in [-0.39, 0.29) is 22.6 Å². The summed E-state index contributed by atoms with van der Waals surface area (Å²) in [5.41, 5.74) is 3.70. The number of amides is 2. The van der Waals surface area contributed by atoms with Crippen LogP contribution in [0.2, 0.25) is 0 Å². The molecule has 0 bridgehead atoms. The van der Waals surface area contributed by atoms with Crippen LogP contribution in [0.1, 0.15) is 89.6 Å². The van der Waals surface area contributed by atoms with Crippen molar-refractivity contribution in [2.24, 2.45) is 0 Å². The Morgan fingerprint density at radius 1 is 0.703 bits per heavy atom. The van der Waals surface area contributed by atoms with Gasteiger partial charge < -0.3 is 0 Å². The maximum Gasteiger partial charge on any atom is 0.262 e. The zero-order valence-corrected chi connectivity index (χ0v) is 26.2. The molecule has 0 saturated heterocycles. The van der Waals surface area contributed by atoms with Crippen LogP contribution < -0.4 is 0 Å². The molecule has 194 valence electrons. The maximum atomic E-state index is 13.2. The first-order valence-corrected chi connectivity index (χ1v) is 15.8. The summed E-state index contributed by atoms with van der Waals surface area (Å²) in [5.74, 6) is -0.350. The van der Waals surface area contributed by atoms with Crippen LogP contribution in [0.4, 0.5) is 0 Å². The molecular weight excluding hydrogens is 535 g/mol. The summed E-state index contributed by atoms with van der Waals surface area (Å²) >= 11 is 7.09. The van der Waals surface area contributed by atoms with E-state index < -0.39 is 0 Å². The molecular formula is C30H33NO2S4. The van der Waals surface area contributed by atoms with E-state index in [0.717, 1.165) is 26.6 Å². The van der Waals surface area contributed by atoms with E-state index in [1.807, 2.05) is 22.7 Å². The lowest BCUT2D eigenvalue weighted by atomic mass is 9.85. The van der Waals surface area contributed by atoms with Crippen LogP contribution in [0.3, 0.4) is 0 Å². The fourth-order valence-corrected chi connectivity index (χ4v) is 10.1. The van der Waals surface area contributed by atoms with Crippen molar-refractivity contribution in [1.82, 2.24) is 4.90 Å². The average molecular weight is 568 g/mol. The standard InChI is InChI=1S/C30H33NO2S4/c1-10-30(7,8)26-22-21(27(32)31(9)28(22)33)24(37-26)23-15(2)13-19(35-23)17-11-12-18(34-17)20-14-16(3)25(36-20)29(4,5)6/h11-14H,10H2,1-9H3. The summed E-state index contributed by atoms with van der Waals surface area (Å²) in [7, 11) is 1.60. The van der Waals surface area contributed by atoms with Gasteiger partial charge in [0.25, 0.3) is 11.8 Å². The molecule has 0 saturated carbocycles. The van der Waals surface area contributed by atoms with Gasteiger partial charge in [0.1, 0.15) is 0 Å². The van der Waals surface area contributed by atoms with E-state index in [2.05, 4.69) is 79.7 Å². The van der Waals surface area contributed by atoms with Crippen molar-refractivity contribution in [3.8, 4) is 29.3 Å². The third kappa shape index (κ3) is 4.28. The molecule has 1 aliphatic heterocycles. The number of carbonyl (C=O) groups excluding carboxylic acids is 2. The number of nitrogens with zero attached hydrogens (tertiary/aromatic N) is 1. The number of imide groups is 1. The Labute approximate surface area is 235 Å². The second-order valence-corrected chi connectivity index (χ2v) is 15.8. The van der Waals surface area contributed by atoms with Crippen LogP contribution in [-0.4, -0.2) is 23.8 Å². The molecule has 0 aliphatic carbocycles. The third-order valence-electron chi connectivity index (χ3n) is 7.26. The van der Waals surface area contributed by atoms with Gasteiger partial charge in [-0.25, -0.2) is 0 Å². The quantitative estimate of drug-likeness (QED) is 0.225. The molecule has 5 rings (SSSR count). The fraction of sp³-hybridized carbons (Fsp3) is 0.400. The van der Waals surface area contributed by atoms with Crippen molar-refractivity contribution in [1.29, 1.82) is 0 Å². The van der Waals surface area contributed by atoms with Gasteiger partial charge in [-0.05, 0) is 66.5 Å². The Kier molecular flexibility index (Phi) is 6.46. The van der Waals surface area contributed by atoms with E-state index in [0.29, 0.717) is 11.1 Å². The van der Waals surface area contributed by atoms with Gasteiger partial charge in [-0.15, -0.1) is 45.3 Å². The highest BCUT2D eigenvalue weighted by Gasteiger charge is 2.43. The van der Waals surface area contributed by atoms with Gasteiger partial charge in [-0.1, -0.05) is 41.5 Å². The molecule has 4 aromatic heterocycles. The van der Waals surface area contributed by atoms with Crippen molar-refractivity contribution >= 4 is 57.2 Å². The van der Waals surface area contributed by atoms with Crippen LogP contribution in [0.25, 0.3) is 29.3 Å². The minimum Gasteiger partial charge on any atom is -0.277 e. The van der Waals surface area contributed by atoms with Crippen molar-refractivity contribution in [3.05, 3.63) is 56.3 Å².